The van der Waals surface area contributed by atoms with Gasteiger partial charge in [-0.2, -0.15) is 5.26 Å². The Kier molecular flexibility index (Phi) is 4.29. The first kappa shape index (κ1) is 12.8. The molecule has 0 aromatic heterocycles. The SMILES string of the molecule is COC(=O)C(C#N)=Cc1ccc(OC)c(C)c1. The summed E-state index contributed by atoms with van der Waals surface area (Å²) in [5.74, 6) is 0.125. The molecule has 88 valence electrons. The van der Waals surface area contributed by atoms with Crippen LogP contribution in [-0.2, 0) is 9.53 Å². The van der Waals surface area contributed by atoms with Crippen molar-refractivity contribution in [3.63, 3.8) is 0 Å². The van der Waals surface area contributed by atoms with Crippen LogP contribution in [0, 0.1) is 18.3 Å². The number of methoxy groups -OCH3 is 2. The van der Waals surface area contributed by atoms with E-state index in [-0.39, 0.29) is 5.57 Å². The van der Waals surface area contributed by atoms with Crippen molar-refractivity contribution in [2.24, 2.45) is 0 Å². The second kappa shape index (κ2) is 5.71. The molecule has 0 saturated heterocycles. The highest BCUT2D eigenvalue weighted by Gasteiger charge is 2.08. The fourth-order valence-electron chi connectivity index (χ4n) is 1.40. The summed E-state index contributed by atoms with van der Waals surface area (Å²) in [6, 6.07) is 7.19. The fourth-order valence-corrected chi connectivity index (χ4v) is 1.40. The first-order valence-electron chi connectivity index (χ1n) is 4.97. The van der Waals surface area contributed by atoms with Crippen molar-refractivity contribution in [1.29, 1.82) is 5.26 Å². The number of rotatable bonds is 3. The number of hydrogen-bond donors (Lipinski definition) is 0. The summed E-state index contributed by atoms with van der Waals surface area (Å²) in [6.07, 6.45) is 1.48. The molecule has 0 atom stereocenters. The highest BCUT2D eigenvalue weighted by Crippen LogP contribution is 2.20. The van der Waals surface area contributed by atoms with Gasteiger partial charge in [0, 0.05) is 0 Å². The van der Waals surface area contributed by atoms with E-state index in [2.05, 4.69) is 4.74 Å². The predicted molar refractivity (Wildman–Crippen MR) is 63.3 cm³/mol. The number of nitriles is 1. The Hall–Kier alpha value is -2.28. The van der Waals surface area contributed by atoms with Gasteiger partial charge in [-0.1, -0.05) is 6.07 Å². The molecule has 0 spiro atoms. The van der Waals surface area contributed by atoms with Gasteiger partial charge in [0.1, 0.15) is 17.4 Å². The summed E-state index contributed by atoms with van der Waals surface area (Å²) in [5, 5.41) is 8.82. The number of hydrogen-bond acceptors (Lipinski definition) is 4. The maximum absolute atomic E-state index is 11.2. The Morgan fingerprint density at radius 1 is 1.41 bits per heavy atom. The first-order valence-corrected chi connectivity index (χ1v) is 4.97. The Balaban J connectivity index is 3.10. The molecule has 0 saturated carbocycles. The van der Waals surface area contributed by atoms with Gasteiger partial charge in [-0.05, 0) is 36.3 Å². The third-order valence-electron chi connectivity index (χ3n) is 2.26. The molecule has 0 radical (unpaired) electrons. The molecule has 0 aliphatic heterocycles. The maximum Gasteiger partial charge on any atom is 0.348 e. The van der Waals surface area contributed by atoms with Crippen LogP contribution in [0.25, 0.3) is 6.08 Å². The number of carbonyl (C=O) groups is 1. The molecular formula is C13H13NO3. The molecule has 0 N–H and O–H groups in total. The van der Waals surface area contributed by atoms with Crippen LogP contribution in [0.2, 0.25) is 0 Å². The number of carbonyl (C=O) groups excluding carboxylic acids is 1. The van der Waals surface area contributed by atoms with Crippen LogP contribution in [0.1, 0.15) is 11.1 Å². The van der Waals surface area contributed by atoms with Crippen molar-refractivity contribution < 1.29 is 14.3 Å². The lowest BCUT2D eigenvalue weighted by Crippen LogP contribution is -2.02. The summed E-state index contributed by atoms with van der Waals surface area (Å²) < 4.78 is 9.62. The average Bonchev–Trinajstić information content (AvgIpc) is 2.35. The van der Waals surface area contributed by atoms with Crippen LogP contribution in [0.15, 0.2) is 23.8 Å². The molecular weight excluding hydrogens is 218 g/mol. The highest BCUT2D eigenvalue weighted by atomic mass is 16.5. The molecule has 0 amide bonds. The van der Waals surface area contributed by atoms with Gasteiger partial charge in [0.15, 0.2) is 0 Å². The zero-order valence-corrected chi connectivity index (χ0v) is 9.98. The van der Waals surface area contributed by atoms with Crippen molar-refractivity contribution in [2.75, 3.05) is 14.2 Å². The molecule has 17 heavy (non-hydrogen) atoms. The molecule has 4 heteroatoms. The zero-order valence-electron chi connectivity index (χ0n) is 9.98. The third kappa shape index (κ3) is 3.08. The predicted octanol–water partition coefficient (Wildman–Crippen LogP) is 2.08. The average molecular weight is 231 g/mol. The number of benzene rings is 1. The summed E-state index contributed by atoms with van der Waals surface area (Å²) in [6.45, 7) is 1.89. The Labute approximate surface area is 100 Å². The number of nitrogens with zero attached hydrogens (tertiary/aromatic N) is 1. The van der Waals surface area contributed by atoms with E-state index in [0.717, 1.165) is 16.9 Å². The summed E-state index contributed by atoms with van der Waals surface area (Å²) in [5.41, 5.74) is 1.66. The van der Waals surface area contributed by atoms with Crippen molar-refractivity contribution in [2.45, 2.75) is 6.92 Å². The zero-order chi connectivity index (χ0) is 12.8. The molecule has 0 heterocycles. The summed E-state index contributed by atoms with van der Waals surface area (Å²) in [4.78, 5) is 11.2. The molecule has 0 unspecified atom stereocenters. The smallest absolute Gasteiger partial charge is 0.348 e. The van der Waals surface area contributed by atoms with Crippen molar-refractivity contribution >= 4 is 12.0 Å². The second-order valence-corrected chi connectivity index (χ2v) is 3.39. The van der Waals surface area contributed by atoms with Crippen molar-refractivity contribution in [3.05, 3.63) is 34.9 Å². The van der Waals surface area contributed by atoms with E-state index in [1.165, 1.54) is 13.2 Å². The molecule has 1 aromatic carbocycles. The minimum Gasteiger partial charge on any atom is -0.496 e. The van der Waals surface area contributed by atoms with Gasteiger partial charge >= 0.3 is 5.97 Å². The maximum atomic E-state index is 11.2. The minimum atomic E-state index is -0.638. The Morgan fingerprint density at radius 2 is 2.12 bits per heavy atom. The number of aryl methyl sites for hydroxylation is 1. The van der Waals surface area contributed by atoms with Crippen molar-refractivity contribution in [1.82, 2.24) is 0 Å². The number of esters is 1. The largest absolute Gasteiger partial charge is 0.496 e. The fraction of sp³-hybridized carbons (Fsp3) is 0.231. The van der Waals surface area contributed by atoms with E-state index in [0.29, 0.717) is 0 Å². The molecule has 0 fully saturated rings. The van der Waals surface area contributed by atoms with E-state index in [9.17, 15) is 4.79 Å². The van der Waals surface area contributed by atoms with Crippen LogP contribution < -0.4 is 4.74 Å². The molecule has 0 aliphatic carbocycles. The van der Waals surface area contributed by atoms with Crippen LogP contribution in [0.4, 0.5) is 0 Å². The van der Waals surface area contributed by atoms with Gasteiger partial charge in [0.2, 0.25) is 0 Å². The quantitative estimate of drug-likeness (QED) is 0.454. The van der Waals surface area contributed by atoms with Crippen LogP contribution in [0.5, 0.6) is 5.75 Å². The Morgan fingerprint density at radius 3 is 2.59 bits per heavy atom. The second-order valence-electron chi connectivity index (χ2n) is 3.39. The lowest BCUT2D eigenvalue weighted by atomic mass is 10.1. The van der Waals surface area contributed by atoms with Gasteiger partial charge in [-0.3, -0.25) is 0 Å². The van der Waals surface area contributed by atoms with Crippen LogP contribution in [0.3, 0.4) is 0 Å². The van der Waals surface area contributed by atoms with Gasteiger partial charge in [-0.15, -0.1) is 0 Å². The Bertz CT molecular complexity index is 498. The number of ether oxygens (including phenoxy) is 2. The normalized spacial score (nSPS) is 10.6. The van der Waals surface area contributed by atoms with Gasteiger partial charge in [0.05, 0.1) is 14.2 Å². The minimum absolute atomic E-state index is 0.0305. The van der Waals surface area contributed by atoms with E-state index in [1.54, 1.807) is 25.3 Å². The van der Waals surface area contributed by atoms with Gasteiger partial charge in [0.25, 0.3) is 0 Å². The lowest BCUT2D eigenvalue weighted by molar-refractivity contribution is -0.135. The van der Waals surface area contributed by atoms with Gasteiger partial charge in [-0.25, -0.2) is 4.79 Å². The third-order valence-corrected chi connectivity index (χ3v) is 2.26. The molecule has 0 bridgehead atoms. The lowest BCUT2D eigenvalue weighted by Gasteiger charge is -2.05. The highest BCUT2D eigenvalue weighted by molar-refractivity contribution is 5.97. The first-order chi connectivity index (χ1) is 8.12. The summed E-state index contributed by atoms with van der Waals surface area (Å²) in [7, 11) is 2.83. The standard InChI is InChI=1S/C13H13NO3/c1-9-6-10(4-5-12(9)16-2)7-11(8-14)13(15)17-3/h4-7H,1-3H3. The molecule has 0 aliphatic rings. The van der Waals surface area contributed by atoms with Crippen molar-refractivity contribution in [3.8, 4) is 11.8 Å². The van der Waals surface area contributed by atoms with E-state index in [4.69, 9.17) is 10.00 Å². The van der Waals surface area contributed by atoms with Crippen LogP contribution in [-0.4, -0.2) is 20.2 Å². The molecule has 1 rings (SSSR count). The molecule has 4 nitrogen and oxygen atoms in total. The molecule has 1 aromatic rings. The van der Waals surface area contributed by atoms with E-state index < -0.39 is 5.97 Å². The summed E-state index contributed by atoms with van der Waals surface area (Å²) >= 11 is 0. The van der Waals surface area contributed by atoms with E-state index >= 15 is 0 Å². The van der Waals surface area contributed by atoms with E-state index in [1.807, 2.05) is 13.0 Å². The topological polar surface area (TPSA) is 59.3 Å². The monoisotopic (exact) mass is 231 g/mol. The van der Waals surface area contributed by atoms with Gasteiger partial charge < -0.3 is 9.47 Å². The van der Waals surface area contributed by atoms with Crippen LogP contribution >= 0.6 is 0 Å².